The highest BCUT2D eigenvalue weighted by molar-refractivity contribution is 6.39. The first-order chi connectivity index (χ1) is 25.4. The Bertz CT molecular complexity index is 2310. The summed E-state index contributed by atoms with van der Waals surface area (Å²) in [6.07, 6.45) is 6.08. The number of benzene rings is 1. The SMILES string of the molecule is [B]C([B])(c1cccc(C(=O)N(C)C)n1)N1CC(n2ncc3c2C(CC)N(C)c2c(Nc4cc(NC(=O)C5CC56CC6)nc5cc(C)nn45)cccc2-3)C1. The zero-order valence-electron chi connectivity index (χ0n) is 30.7. The van der Waals surface area contributed by atoms with Gasteiger partial charge in [-0.2, -0.15) is 14.7 Å². The van der Waals surface area contributed by atoms with Crippen LogP contribution < -0.4 is 15.5 Å². The maximum Gasteiger partial charge on any atom is 0.271 e. The molecule has 266 valence electrons. The number of amides is 2. The van der Waals surface area contributed by atoms with Crippen molar-refractivity contribution in [3.05, 3.63) is 77.5 Å². The number of nitrogens with zero attached hydrogens (tertiary/aromatic N) is 9. The highest BCUT2D eigenvalue weighted by atomic mass is 16.2. The summed E-state index contributed by atoms with van der Waals surface area (Å²) in [5.74, 6) is 1.15. The molecule has 15 heteroatoms. The van der Waals surface area contributed by atoms with Crippen LogP contribution in [-0.2, 0) is 10.1 Å². The fraction of sp³-hybridized carbons (Fsp3) is 0.421. The number of hydrogen-bond donors (Lipinski definition) is 2. The molecule has 13 nitrogen and oxygen atoms in total. The first kappa shape index (κ1) is 33.7. The minimum absolute atomic E-state index is 0.0421. The maximum absolute atomic E-state index is 13.1. The minimum atomic E-state index is -1.36. The average Bonchev–Trinajstić information content (AvgIpc) is 3.95. The van der Waals surface area contributed by atoms with Gasteiger partial charge in [0.15, 0.2) is 5.65 Å². The van der Waals surface area contributed by atoms with Gasteiger partial charge in [-0.15, -0.1) is 0 Å². The van der Waals surface area contributed by atoms with Crippen LogP contribution in [0.15, 0.2) is 54.7 Å². The van der Waals surface area contributed by atoms with Crippen molar-refractivity contribution in [3.8, 4) is 11.1 Å². The zero-order valence-corrected chi connectivity index (χ0v) is 30.7. The van der Waals surface area contributed by atoms with E-state index in [2.05, 4.69) is 51.3 Å². The highest BCUT2D eigenvalue weighted by Crippen LogP contribution is 2.70. The first-order valence-electron chi connectivity index (χ1n) is 18.3. The Hall–Kier alpha value is -5.17. The van der Waals surface area contributed by atoms with Gasteiger partial charge in [0.1, 0.15) is 17.3 Å². The molecule has 0 bridgehead atoms. The van der Waals surface area contributed by atoms with E-state index in [0.717, 1.165) is 59.6 Å². The lowest BCUT2D eigenvalue weighted by atomic mass is 9.57. The van der Waals surface area contributed by atoms with Gasteiger partial charge in [-0.1, -0.05) is 25.1 Å². The van der Waals surface area contributed by atoms with Crippen molar-refractivity contribution in [2.24, 2.45) is 11.3 Å². The van der Waals surface area contributed by atoms with Crippen molar-refractivity contribution in [2.45, 2.75) is 57.0 Å². The lowest BCUT2D eigenvalue weighted by molar-refractivity contribution is -0.117. The summed E-state index contributed by atoms with van der Waals surface area (Å²) in [5, 5.41) is 15.1. The number of carbonyl (C=O) groups excluding carboxylic acids is 2. The molecule has 5 aromatic rings. The molecular weight excluding hydrogens is 664 g/mol. The van der Waals surface area contributed by atoms with E-state index < -0.39 is 5.34 Å². The van der Waals surface area contributed by atoms with Gasteiger partial charge in [-0.05, 0) is 61.6 Å². The number of hydrogen-bond acceptors (Lipinski definition) is 9. The summed E-state index contributed by atoms with van der Waals surface area (Å²) < 4.78 is 3.92. The topological polar surface area (TPSA) is 129 Å². The number of rotatable bonds is 9. The van der Waals surface area contributed by atoms with Gasteiger partial charge in [0.25, 0.3) is 5.91 Å². The third-order valence-electron chi connectivity index (χ3n) is 11.7. The number of aryl methyl sites for hydroxylation is 1. The molecule has 1 saturated heterocycles. The van der Waals surface area contributed by atoms with Crippen LogP contribution in [0.4, 0.5) is 23.0 Å². The average molecular weight is 705 g/mol. The van der Waals surface area contributed by atoms with Crippen LogP contribution in [0.3, 0.4) is 0 Å². The number of pyridine rings is 1. The number of likely N-dealkylation sites (tertiary alicyclic amines) is 1. The Morgan fingerprint density at radius 3 is 2.55 bits per heavy atom. The minimum Gasteiger partial charge on any atom is -0.364 e. The summed E-state index contributed by atoms with van der Waals surface area (Å²) in [5.41, 5.74) is 7.74. The molecule has 2 atom stereocenters. The molecule has 1 spiro atoms. The number of fused-ring (bicyclic) bond motifs is 4. The monoisotopic (exact) mass is 705 g/mol. The van der Waals surface area contributed by atoms with Gasteiger partial charge in [-0.3, -0.25) is 14.3 Å². The van der Waals surface area contributed by atoms with Crippen molar-refractivity contribution < 1.29 is 9.59 Å². The first-order valence-corrected chi connectivity index (χ1v) is 18.3. The van der Waals surface area contributed by atoms with Crippen LogP contribution in [0, 0.1) is 18.3 Å². The van der Waals surface area contributed by atoms with Gasteiger partial charge in [0.05, 0.1) is 56.7 Å². The molecule has 2 amide bonds. The molecule has 2 unspecified atom stereocenters. The summed E-state index contributed by atoms with van der Waals surface area (Å²) in [4.78, 5) is 40.7. The molecule has 2 N–H and O–H groups in total. The smallest absolute Gasteiger partial charge is 0.271 e. The Morgan fingerprint density at radius 1 is 1.06 bits per heavy atom. The number of carbonyl (C=O) groups is 2. The van der Waals surface area contributed by atoms with E-state index in [1.54, 1.807) is 36.8 Å². The van der Waals surface area contributed by atoms with Crippen LogP contribution in [-0.4, -0.2) is 101 Å². The third kappa shape index (κ3) is 5.42. The maximum atomic E-state index is 13.1. The molecule has 1 aromatic carbocycles. The molecule has 2 aliphatic heterocycles. The van der Waals surface area contributed by atoms with Crippen LogP contribution in [0.1, 0.15) is 72.3 Å². The Kier molecular flexibility index (Phi) is 7.57. The quantitative estimate of drug-likeness (QED) is 0.215. The van der Waals surface area contributed by atoms with Gasteiger partial charge in [-0.25, -0.2) is 9.97 Å². The normalized spacial score (nSPS) is 20.1. The van der Waals surface area contributed by atoms with Crippen LogP contribution in [0.2, 0.25) is 0 Å². The lowest BCUT2D eigenvalue weighted by Crippen LogP contribution is -2.60. The fourth-order valence-electron chi connectivity index (χ4n) is 8.36. The van der Waals surface area contributed by atoms with E-state index in [4.69, 9.17) is 30.9 Å². The van der Waals surface area contributed by atoms with Gasteiger partial charge in [0.2, 0.25) is 5.91 Å². The number of anilines is 4. The Labute approximate surface area is 311 Å². The standard InChI is InChI=1S/C38H41B2N11O2/c1-6-28-34-24(18-41-50(34)22-19-49(20-22)38(39,40)29-12-8-11-27(42-29)36(53)47(3)4)23-9-7-10-26(33(23)48(28)5)43-32-16-30(44-31-15-21(2)46-51(31)32)45-35(52)25-17-37(25)13-14-37/h7-12,15-16,18,22,25,28,43H,6,13-14,17,19-20H2,1-5H3,(H,44,45,52). The zero-order chi connectivity index (χ0) is 37.0. The van der Waals surface area contributed by atoms with Crippen molar-refractivity contribution in [3.63, 3.8) is 0 Å². The Balaban J connectivity index is 0.999. The van der Waals surface area contributed by atoms with Crippen molar-refractivity contribution in [1.29, 1.82) is 0 Å². The molecule has 6 heterocycles. The van der Waals surface area contributed by atoms with E-state index in [9.17, 15) is 9.59 Å². The second-order valence-electron chi connectivity index (χ2n) is 15.4. The number of para-hydroxylation sites is 1. The van der Waals surface area contributed by atoms with Crippen LogP contribution >= 0.6 is 0 Å². The van der Waals surface area contributed by atoms with Gasteiger partial charge >= 0.3 is 0 Å². The van der Waals surface area contributed by atoms with Crippen molar-refractivity contribution >= 4 is 56.2 Å². The molecule has 2 saturated carbocycles. The second-order valence-corrected chi connectivity index (χ2v) is 15.4. The molecule has 2 aliphatic carbocycles. The highest BCUT2D eigenvalue weighted by Gasteiger charge is 2.65. The molecule has 3 fully saturated rings. The summed E-state index contributed by atoms with van der Waals surface area (Å²) in [6, 6.07) is 15.3. The molecule has 9 rings (SSSR count). The van der Waals surface area contributed by atoms with Crippen molar-refractivity contribution in [1.82, 2.24) is 39.2 Å². The summed E-state index contributed by atoms with van der Waals surface area (Å²) >= 11 is 0. The third-order valence-corrected chi connectivity index (χ3v) is 11.7. The van der Waals surface area contributed by atoms with E-state index in [1.165, 1.54) is 4.90 Å². The second kappa shape index (κ2) is 11.9. The molecule has 4 radical (unpaired) electrons. The predicted molar refractivity (Wildman–Crippen MR) is 205 cm³/mol. The van der Waals surface area contributed by atoms with E-state index in [-0.39, 0.29) is 35.2 Å². The van der Waals surface area contributed by atoms with E-state index >= 15 is 0 Å². The lowest BCUT2D eigenvalue weighted by Gasteiger charge is -2.50. The number of nitrogens with one attached hydrogen (secondary N) is 2. The predicted octanol–water partition coefficient (Wildman–Crippen LogP) is 4.39. The molecule has 53 heavy (non-hydrogen) atoms. The Morgan fingerprint density at radius 2 is 1.83 bits per heavy atom. The molecule has 4 aliphatic rings. The largest absolute Gasteiger partial charge is 0.364 e. The molecular formula is C38H41B2N11O2. The van der Waals surface area contributed by atoms with Crippen molar-refractivity contribution in [2.75, 3.05) is 49.8 Å². The van der Waals surface area contributed by atoms with Crippen LogP contribution in [0.25, 0.3) is 16.8 Å². The number of aromatic nitrogens is 6. The van der Waals surface area contributed by atoms with E-state index in [0.29, 0.717) is 41.8 Å². The summed E-state index contributed by atoms with van der Waals surface area (Å²) in [7, 11) is 18.9. The fourth-order valence-corrected chi connectivity index (χ4v) is 8.36. The summed E-state index contributed by atoms with van der Waals surface area (Å²) in [6.45, 7) is 5.27. The molecule has 4 aromatic heterocycles. The van der Waals surface area contributed by atoms with Gasteiger partial charge in [0, 0.05) is 69.1 Å². The van der Waals surface area contributed by atoms with Gasteiger partial charge < -0.3 is 25.3 Å². The van der Waals surface area contributed by atoms with E-state index in [1.807, 2.05) is 36.2 Å². The van der Waals surface area contributed by atoms with Crippen LogP contribution in [0.5, 0.6) is 0 Å².